The Morgan fingerprint density at radius 3 is 2.21 bits per heavy atom. The summed E-state index contributed by atoms with van der Waals surface area (Å²) in [5.74, 6) is -2.41. The minimum atomic E-state index is -1.12. The maximum Gasteiger partial charge on any atom is 0.326 e. The fraction of sp³-hybridized carbons (Fsp3) is 0.550. The van der Waals surface area contributed by atoms with Crippen molar-refractivity contribution in [3.63, 3.8) is 0 Å². The molecule has 0 aliphatic heterocycles. The van der Waals surface area contributed by atoms with Crippen molar-refractivity contribution in [2.45, 2.75) is 57.7 Å². The average Bonchev–Trinajstić information content (AvgIpc) is 2.65. The van der Waals surface area contributed by atoms with Gasteiger partial charge >= 0.3 is 5.97 Å². The summed E-state index contributed by atoms with van der Waals surface area (Å²) in [7, 11) is 0. The molecule has 0 saturated carbocycles. The highest BCUT2D eigenvalue weighted by Gasteiger charge is 2.29. The molecule has 0 heterocycles. The summed E-state index contributed by atoms with van der Waals surface area (Å²) in [6, 6.07) is 6.48. The molecule has 2 amide bonds. The second-order valence-electron chi connectivity index (χ2n) is 7.21. The van der Waals surface area contributed by atoms with E-state index >= 15 is 0 Å². The Labute approximate surface area is 166 Å². The lowest BCUT2D eigenvalue weighted by Gasteiger charge is -2.24. The molecule has 0 aromatic heterocycles. The summed E-state index contributed by atoms with van der Waals surface area (Å²) in [4.78, 5) is 36.6. The molecule has 1 aromatic rings. The summed E-state index contributed by atoms with van der Waals surface area (Å²) >= 11 is 0. The molecular weight excluding hydrogens is 360 g/mol. The topological polar surface area (TPSA) is 148 Å². The third-order valence-corrected chi connectivity index (χ3v) is 4.45. The van der Waals surface area contributed by atoms with E-state index in [1.165, 1.54) is 0 Å². The Kier molecular flexibility index (Phi) is 10.2. The molecule has 3 atom stereocenters. The number of carbonyl (C=O) groups excluding carboxylic acids is 2. The minimum absolute atomic E-state index is 0.234. The van der Waals surface area contributed by atoms with Gasteiger partial charge in [-0.15, -0.1) is 0 Å². The zero-order chi connectivity index (χ0) is 21.1. The number of nitrogens with two attached hydrogens (primary N) is 2. The van der Waals surface area contributed by atoms with E-state index in [0.29, 0.717) is 13.0 Å². The zero-order valence-electron chi connectivity index (χ0n) is 16.6. The fourth-order valence-corrected chi connectivity index (χ4v) is 2.74. The molecule has 156 valence electrons. The number of rotatable bonds is 12. The van der Waals surface area contributed by atoms with Crippen LogP contribution in [0.4, 0.5) is 0 Å². The molecule has 0 bridgehead atoms. The molecule has 1 rings (SSSR count). The summed E-state index contributed by atoms with van der Waals surface area (Å²) in [5.41, 5.74) is 12.2. The first-order chi connectivity index (χ1) is 13.3. The highest BCUT2D eigenvalue weighted by atomic mass is 16.4. The van der Waals surface area contributed by atoms with Crippen molar-refractivity contribution in [2.24, 2.45) is 17.4 Å². The Bertz CT molecular complexity index is 636. The van der Waals surface area contributed by atoms with E-state index in [-0.39, 0.29) is 12.3 Å². The highest BCUT2D eigenvalue weighted by Crippen LogP contribution is 2.07. The van der Waals surface area contributed by atoms with E-state index in [1.54, 1.807) is 13.8 Å². The van der Waals surface area contributed by atoms with Crippen LogP contribution in [0.15, 0.2) is 30.3 Å². The van der Waals surface area contributed by atoms with Crippen molar-refractivity contribution in [1.29, 1.82) is 0 Å². The van der Waals surface area contributed by atoms with Crippen LogP contribution in [-0.2, 0) is 20.8 Å². The molecule has 0 saturated heterocycles. The van der Waals surface area contributed by atoms with Crippen molar-refractivity contribution in [3.05, 3.63) is 35.9 Å². The van der Waals surface area contributed by atoms with E-state index < -0.39 is 35.9 Å². The van der Waals surface area contributed by atoms with Crippen LogP contribution in [0.3, 0.4) is 0 Å². The SMILES string of the molecule is CC(C)C(NC(=O)C(Cc1ccccc1)NC(=O)C(N)CCCCN)C(=O)O. The smallest absolute Gasteiger partial charge is 0.326 e. The van der Waals surface area contributed by atoms with Crippen molar-refractivity contribution >= 4 is 17.8 Å². The second-order valence-corrected chi connectivity index (χ2v) is 7.21. The van der Waals surface area contributed by atoms with Crippen molar-refractivity contribution in [3.8, 4) is 0 Å². The van der Waals surface area contributed by atoms with Crippen molar-refractivity contribution < 1.29 is 19.5 Å². The van der Waals surface area contributed by atoms with Crippen molar-refractivity contribution in [2.75, 3.05) is 6.54 Å². The number of carboxylic acid groups (broad SMARTS) is 1. The first-order valence-electron chi connectivity index (χ1n) is 9.59. The molecule has 8 heteroatoms. The summed E-state index contributed by atoms with van der Waals surface area (Å²) in [5, 5.41) is 14.5. The molecule has 8 nitrogen and oxygen atoms in total. The minimum Gasteiger partial charge on any atom is -0.480 e. The molecule has 0 spiro atoms. The number of carbonyl (C=O) groups is 3. The van der Waals surface area contributed by atoms with Gasteiger partial charge in [-0.05, 0) is 30.9 Å². The van der Waals surface area contributed by atoms with Crippen LogP contribution >= 0.6 is 0 Å². The van der Waals surface area contributed by atoms with Crippen LogP contribution in [0.1, 0.15) is 38.7 Å². The van der Waals surface area contributed by atoms with Gasteiger partial charge in [0.1, 0.15) is 12.1 Å². The number of nitrogens with one attached hydrogen (secondary N) is 2. The number of hydrogen-bond acceptors (Lipinski definition) is 5. The predicted octanol–water partition coefficient (Wildman–Crippen LogP) is 0.396. The van der Waals surface area contributed by atoms with Crippen LogP contribution in [0, 0.1) is 5.92 Å². The largest absolute Gasteiger partial charge is 0.480 e. The molecule has 3 unspecified atom stereocenters. The maximum absolute atomic E-state index is 12.7. The lowest BCUT2D eigenvalue weighted by Crippen LogP contribution is -2.56. The number of benzene rings is 1. The van der Waals surface area contributed by atoms with Gasteiger partial charge in [-0.2, -0.15) is 0 Å². The third-order valence-electron chi connectivity index (χ3n) is 4.45. The Morgan fingerprint density at radius 2 is 1.68 bits per heavy atom. The van der Waals surface area contributed by atoms with Gasteiger partial charge in [0.25, 0.3) is 0 Å². The predicted molar refractivity (Wildman–Crippen MR) is 107 cm³/mol. The standard InChI is InChI=1S/C20H32N4O4/c1-13(2)17(20(27)28)24-19(26)16(12-14-8-4-3-5-9-14)23-18(25)15(22)10-6-7-11-21/h3-5,8-9,13,15-17H,6-7,10-12,21-22H2,1-2H3,(H,23,25)(H,24,26)(H,27,28). The first kappa shape index (κ1) is 23.6. The van der Waals surface area contributed by atoms with Crippen LogP contribution < -0.4 is 22.1 Å². The van der Waals surface area contributed by atoms with Crippen LogP contribution in [0.25, 0.3) is 0 Å². The van der Waals surface area contributed by atoms with Gasteiger partial charge in [0, 0.05) is 6.42 Å². The van der Waals surface area contributed by atoms with E-state index in [2.05, 4.69) is 10.6 Å². The molecule has 0 fully saturated rings. The normalized spacial score (nSPS) is 14.2. The van der Waals surface area contributed by atoms with Gasteiger partial charge in [-0.3, -0.25) is 9.59 Å². The zero-order valence-corrected chi connectivity index (χ0v) is 16.6. The highest BCUT2D eigenvalue weighted by molar-refractivity contribution is 5.92. The number of carboxylic acids is 1. The van der Waals surface area contributed by atoms with Crippen LogP contribution in [0.2, 0.25) is 0 Å². The molecule has 1 aromatic carbocycles. The van der Waals surface area contributed by atoms with Gasteiger partial charge in [-0.25, -0.2) is 4.79 Å². The molecule has 0 aliphatic carbocycles. The number of aliphatic carboxylic acids is 1. The monoisotopic (exact) mass is 392 g/mol. The van der Waals surface area contributed by atoms with E-state index in [9.17, 15) is 19.5 Å². The van der Waals surface area contributed by atoms with Crippen molar-refractivity contribution in [1.82, 2.24) is 10.6 Å². The molecule has 28 heavy (non-hydrogen) atoms. The Balaban J connectivity index is 2.87. The lowest BCUT2D eigenvalue weighted by atomic mass is 10.0. The quantitative estimate of drug-likeness (QED) is 0.325. The molecular formula is C20H32N4O4. The Morgan fingerprint density at radius 1 is 1.04 bits per heavy atom. The second kappa shape index (κ2) is 12.1. The fourth-order valence-electron chi connectivity index (χ4n) is 2.74. The number of amides is 2. The Hall–Kier alpha value is -2.45. The molecule has 0 radical (unpaired) electrons. The van der Waals surface area contributed by atoms with Gasteiger partial charge in [0.05, 0.1) is 6.04 Å². The van der Waals surface area contributed by atoms with Crippen LogP contribution in [0.5, 0.6) is 0 Å². The third kappa shape index (κ3) is 8.06. The molecule has 0 aliphatic rings. The van der Waals surface area contributed by atoms with Crippen LogP contribution in [-0.4, -0.2) is 47.6 Å². The van der Waals surface area contributed by atoms with E-state index in [4.69, 9.17) is 11.5 Å². The molecule has 7 N–H and O–H groups in total. The number of hydrogen-bond donors (Lipinski definition) is 5. The first-order valence-corrected chi connectivity index (χ1v) is 9.59. The number of unbranched alkanes of at least 4 members (excludes halogenated alkanes) is 1. The lowest BCUT2D eigenvalue weighted by molar-refractivity contribution is -0.143. The maximum atomic E-state index is 12.7. The summed E-state index contributed by atoms with van der Waals surface area (Å²) in [6.45, 7) is 3.94. The van der Waals surface area contributed by atoms with Gasteiger partial charge in [-0.1, -0.05) is 50.6 Å². The van der Waals surface area contributed by atoms with Gasteiger partial charge in [0.15, 0.2) is 0 Å². The summed E-state index contributed by atoms with van der Waals surface area (Å²) in [6.07, 6.45) is 2.18. The average molecular weight is 393 g/mol. The van der Waals surface area contributed by atoms with E-state index in [0.717, 1.165) is 18.4 Å². The summed E-state index contributed by atoms with van der Waals surface area (Å²) < 4.78 is 0. The van der Waals surface area contributed by atoms with Gasteiger partial charge in [0.2, 0.25) is 11.8 Å². The van der Waals surface area contributed by atoms with E-state index in [1.807, 2.05) is 30.3 Å². The van der Waals surface area contributed by atoms with Gasteiger partial charge < -0.3 is 27.2 Å².